The molecule has 5 heteroatoms. The Morgan fingerprint density at radius 2 is 1.77 bits per heavy atom. The average Bonchev–Trinajstić information content (AvgIpc) is 2.62. The van der Waals surface area contributed by atoms with Gasteiger partial charge < -0.3 is 10.6 Å². The third kappa shape index (κ3) is 5.70. The van der Waals surface area contributed by atoms with Gasteiger partial charge in [-0.1, -0.05) is 42.5 Å². The van der Waals surface area contributed by atoms with E-state index in [2.05, 4.69) is 10.6 Å². The van der Waals surface area contributed by atoms with Crippen LogP contribution in [0.4, 0.5) is 5.69 Å². The summed E-state index contributed by atoms with van der Waals surface area (Å²) in [5.41, 5.74) is 3.96. The summed E-state index contributed by atoms with van der Waals surface area (Å²) in [6, 6.07) is 15.3. The maximum Gasteiger partial charge on any atom is 0.238 e. The van der Waals surface area contributed by atoms with Gasteiger partial charge in [0.05, 0.1) is 12.6 Å². The number of carbonyl (C=O) groups is 2. The van der Waals surface area contributed by atoms with E-state index in [4.69, 9.17) is 0 Å². The zero-order valence-corrected chi connectivity index (χ0v) is 15.9. The van der Waals surface area contributed by atoms with Gasteiger partial charge in [0.25, 0.3) is 0 Å². The highest BCUT2D eigenvalue weighted by Crippen LogP contribution is 2.16. The lowest BCUT2D eigenvalue weighted by molar-refractivity contribution is -0.126. The van der Waals surface area contributed by atoms with Gasteiger partial charge in [-0.3, -0.25) is 14.5 Å². The van der Waals surface area contributed by atoms with Gasteiger partial charge in [-0.05, 0) is 50.6 Å². The summed E-state index contributed by atoms with van der Waals surface area (Å²) in [5, 5.41) is 5.83. The van der Waals surface area contributed by atoms with E-state index in [1.54, 1.807) is 18.9 Å². The second kappa shape index (κ2) is 9.15. The topological polar surface area (TPSA) is 61.4 Å². The summed E-state index contributed by atoms with van der Waals surface area (Å²) in [5.74, 6) is -0.236. The predicted octanol–water partition coefficient (Wildman–Crippen LogP) is 2.88. The highest BCUT2D eigenvalue weighted by Gasteiger charge is 2.20. The molecule has 0 aliphatic carbocycles. The molecule has 2 rings (SSSR count). The minimum absolute atomic E-state index is 0.101. The van der Waals surface area contributed by atoms with E-state index in [-0.39, 0.29) is 18.4 Å². The molecule has 0 bridgehead atoms. The van der Waals surface area contributed by atoms with Crippen LogP contribution in [0.3, 0.4) is 0 Å². The smallest absolute Gasteiger partial charge is 0.238 e. The van der Waals surface area contributed by atoms with Crippen molar-refractivity contribution in [3.8, 4) is 0 Å². The molecule has 26 heavy (non-hydrogen) atoms. The molecule has 0 aromatic heterocycles. The van der Waals surface area contributed by atoms with Crippen LogP contribution in [0.1, 0.15) is 23.6 Å². The van der Waals surface area contributed by atoms with Gasteiger partial charge in [0.15, 0.2) is 0 Å². The minimum atomic E-state index is -0.400. The summed E-state index contributed by atoms with van der Waals surface area (Å²) in [6.45, 7) is 6.37. The lowest BCUT2D eigenvalue weighted by atomic mass is 10.1. The number of likely N-dealkylation sites (N-methyl/N-ethyl adjacent to an activating group) is 1. The first kappa shape index (κ1) is 19.7. The molecule has 0 saturated carbocycles. The molecule has 0 spiro atoms. The van der Waals surface area contributed by atoms with Crippen LogP contribution < -0.4 is 10.6 Å². The summed E-state index contributed by atoms with van der Waals surface area (Å²) >= 11 is 0. The summed E-state index contributed by atoms with van der Waals surface area (Å²) in [6.07, 6.45) is 0. The highest BCUT2D eigenvalue weighted by molar-refractivity contribution is 5.93. The molecule has 0 fully saturated rings. The van der Waals surface area contributed by atoms with Crippen molar-refractivity contribution in [3.05, 3.63) is 65.2 Å². The summed E-state index contributed by atoms with van der Waals surface area (Å²) < 4.78 is 0. The number of hydrogen-bond acceptors (Lipinski definition) is 3. The molecule has 0 heterocycles. The van der Waals surface area contributed by atoms with Crippen molar-refractivity contribution in [1.82, 2.24) is 10.2 Å². The Balaban J connectivity index is 1.85. The van der Waals surface area contributed by atoms with E-state index in [0.717, 1.165) is 22.4 Å². The molecule has 0 unspecified atom stereocenters. The van der Waals surface area contributed by atoms with Gasteiger partial charge in [-0.15, -0.1) is 0 Å². The summed E-state index contributed by atoms with van der Waals surface area (Å²) in [7, 11) is 1.77. The molecule has 0 aliphatic rings. The molecule has 2 aromatic carbocycles. The van der Waals surface area contributed by atoms with Gasteiger partial charge in [-0.25, -0.2) is 0 Å². The number of aryl methyl sites for hydroxylation is 2. The molecule has 5 nitrogen and oxygen atoms in total. The first-order valence-corrected chi connectivity index (χ1v) is 8.76. The molecule has 0 aliphatic heterocycles. The maximum absolute atomic E-state index is 12.3. The van der Waals surface area contributed by atoms with Crippen LogP contribution >= 0.6 is 0 Å². The molecule has 1 atom stereocenters. The van der Waals surface area contributed by atoms with Crippen LogP contribution in [-0.4, -0.2) is 36.3 Å². The standard InChI is InChI=1S/C21H27N3O2/c1-15-10-11-16(2)19(12-15)23-20(25)14-24(4)17(3)21(26)22-13-18-8-6-5-7-9-18/h5-12,17H,13-14H2,1-4H3,(H,22,26)(H,23,25)/t17-/m0/s1. The Morgan fingerprint density at radius 1 is 1.08 bits per heavy atom. The van der Waals surface area contributed by atoms with Gasteiger partial charge >= 0.3 is 0 Å². The molecule has 2 aromatic rings. The summed E-state index contributed by atoms with van der Waals surface area (Å²) in [4.78, 5) is 26.4. The van der Waals surface area contributed by atoms with Crippen molar-refractivity contribution in [1.29, 1.82) is 0 Å². The minimum Gasteiger partial charge on any atom is -0.351 e. The largest absolute Gasteiger partial charge is 0.351 e. The zero-order valence-electron chi connectivity index (χ0n) is 15.9. The molecule has 0 saturated heterocycles. The van der Waals surface area contributed by atoms with E-state index in [1.807, 2.05) is 62.4 Å². The fourth-order valence-electron chi connectivity index (χ4n) is 2.56. The molecule has 2 amide bonds. The van der Waals surface area contributed by atoms with Gasteiger partial charge in [0.1, 0.15) is 0 Å². The first-order valence-electron chi connectivity index (χ1n) is 8.76. The Labute approximate surface area is 155 Å². The fourth-order valence-corrected chi connectivity index (χ4v) is 2.56. The first-order chi connectivity index (χ1) is 12.4. The second-order valence-electron chi connectivity index (χ2n) is 6.66. The number of amides is 2. The van der Waals surface area contributed by atoms with Crippen LogP contribution in [0.25, 0.3) is 0 Å². The van der Waals surface area contributed by atoms with Gasteiger partial charge in [-0.2, -0.15) is 0 Å². The molecule has 2 N–H and O–H groups in total. The Hall–Kier alpha value is -2.66. The lowest BCUT2D eigenvalue weighted by Crippen LogP contribution is -2.45. The zero-order chi connectivity index (χ0) is 19.1. The Bertz CT molecular complexity index is 759. The van der Waals surface area contributed by atoms with Gasteiger partial charge in [0, 0.05) is 12.2 Å². The van der Waals surface area contributed by atoms with Crippen LogP contribution in [-0.2, 0) is 16.1 Å². The number of benzene rings is 2. The number of carbonyl (C=O) groups excluding carboxylic acids is 2. The maximum atomic E-state index is 12.3. The quantitative estimate of drug-likeness (QED) is 0.805. The van der Waals surface area contributed by atoms with E-state index in [1.165, 1.54) is 0 Å². The van der Waals surface area contributed by atoms with Crippen molar-refractivity contribution in [2.24, 2.45) is 0 Å². The number of anilines is 1. The van der Waals surface area contributed by atoms with Crippen LogP contribution in [0.2, 0.25) is 0 Å². The molecule has 138 valence electrons. The number of nitrogens with zero attached hydrogens (tertiary/aromatic N) is 1. The number of nitrogens with one attached hydrogen (secondary N) is 2. The normalized spacial score (nSPS) is 11.9. The van der Waals surface area contributed by atoms with Crippen molar-refractivity contribution >= 4 is 17.5 Å². The highest BCUT2D eigenvalue weighted by atomic mass is 16.2. The predicted molar refractivity (Wildman–Crippen MR) is 105 cm³/mol. The van der Waals surface area contributed by atoms with Crippen LogP contribution in [0.15, 0.2) is 48.5 Å². The molecular weight excluding hydrogens is 326 g/mol. The van der Waals surface area contributed by atoms with Crippen molar-refractivity contribution < 1.29 is 9.59 Å². The molecule has 0 radical (unpaired) electrons. The fraction of sp³-hybridized carbons (Fsp3) is 0.333. The second-order valence-corrected chi connectivity index (χ2v) is 6.66. The van der Waals surface area contributed by atoms with E-state index in [0.29, 0.717) is 6.54 Å². The van der Waals surface area contributed by atoms with Crippen molar-refractivity contribution in [2.45, 2.75) is 33.4 Å². The third-order valence-electron chi connectivity index (χ3n) is 4.41. The van der Waals surface area contributed by atoms with E-state index >= 15 is 0 Å². The van der Waals surface area contributed by atoms with E-state index in [9.17, 15) is 9.59 Å². The molecular formula is C21H27N3O2. The SMILES string of the molecule is Cc1ccc(C)c(NC(=O)CN(C)[C@@H](C)C(=O)NCc2ccccc2)c1. The van der Waals surface area contributed by atoms with Crippen molar-refractivity contribution in [3.63, 3.8) is 0 Å². The van der Waals surface area contributed by atoms with Crippen LogP contribution in [0, 0.1) is 13.8 Å². The average molecular weight is 353 g/mol. The van der Waals surface area contributed by atoms with E-state index < -0.39 is 6.04 Å². The Morgan fingerprint density at radius 3 is 2.46 bits per heavy atom. The monoisotopic (exact) mass is 353 g/mol. The Kier molecular flexibility index (Phi) is 6.92. The van der Waals surface area contributed by atoms with Gasteiger partial charge in [0.2, 0.25) is 11.8 Å². The number of rotatable bonds is 7. The van der Waals surface area contributed by atoms with Crippen LogP contribution in [0.5, 0.6) is 0 Å². The lowest BCUT2D eigenvalue weighted by Gasteiger charge is -2.23. The van der Waals surface area contributed by atoms with Crippen molar-refractivity contribution in [2.75, 3.05) is 18.9 Å². The third-order valence-corrected chi connectivity index (χ3v) is 4.41. The number of hydrogen-bond donors (Lipinski definition) is 2.